The molecule has 0 aromatic carbocycles. The molecule has 0 saturated carbocycles. The maximum atomic E-state index is 12.8. The van der Waals surface area contributed by atoms with Gasteiger partial charge in [-0.15, -0.1) is 11.3 Å². The molecule has 6 nitrogen and oxygen atoms in total. The van der Waals surface area contributed by atoms with E-state index in [0.717, 1.165) is 12.0 Å². The van der Waals surface area contributed by atoms with Gasteiger partial charge in [-0.1, -0.05) is 0 Å². The lowest BCUT2D eigenvalue weighted by molar-refractivity contribution is 0.327. The first-order chi connectivity index (χ1) is 9.43. The van der Waals surface area contributed by atoms with Crippen molar-refractivity contribution in [3.8, 4) is 0 Å². The lowest BCUT2D eigenvalue weighted by Gasteiger charge is -2.32. The van der Waals surface area contributed by atoms with Crippen molar-refractivity contribution in [2.45, 2.75) is 24.4 Å². The van der Waals surface area contributed by atoms with Crippen molar-refractivity contribution in [1.29, 1.82) is 0 Å². The normalized spacial score (nSPS) is 20.0. The second kappa shape index (κ2) is 4.57. The average molecular weight is 312 g/mol. The first kappa shape index (κ1) is 13.6. The number of imidazole rings is 1. The summed E-state index contributed by atoms with van der Waals surface area (Å²) in [6.45, 7) is 2.39. The lowest BCUT2D eigenvalue weighted by atomic mass is 10.0. The van der Waals surface area contributed by atoms with Crippen LogP contribution in [0.1, 0.15) is 23.4 Å². The third-order valence-corrected chi connectivity index (χ3v) is 6.78. The molecule has 2 N–H and O–H groups in total. The minimum absolute atomic E-state index is 0.0517. The fraction of sp³-hybridized carbons (Fsp3) is 0.417. The van der Waals surface area contributed by atoms with Gasteiger partial charge >= 0.3 is 0 Å². The predicted molar refractivity (Wildman–Crippen MR) is 78.0 cm³/mol. The third-order valence-electron chi connectivity index (χ3n) is 3.68. The van der Waals surface area contributed by atoms with E-state index in [2.05, 4.69) is 4.98 Å². The molecule has 8 heteroatoms. The molecular formula is C12H16N4O2S2. The largest absolute Gasteiger partial charge is 0.381 e. The van der Waals surface area contributed by atoms with E-state index in [1.54, 1.807) is 18.4 Å². The zero-order chi connectivity index (χ0) is 14.5. The maximum absolute atomic E-state index is 12.8. The molecule has 0 fully saturated rings. The SMILES string of the molecule is CC1c2ccsc2CCN1S(=O)(=O)c1c(N)ncn1C. The Bertz CT molecular complexity index is 728. The van der Waals surface area contributed by atoms with Crippen LogP contribution in [0.15, 0.2) is 22.8 Å². The van der Waals surface area contributed by atoms with Crippen LogP contribution in [0.2, 0.25) is 0 Å². The van der Waals surface area contributed by atoms with Crippen LogP contribution in [0.25, 0.3) is 0 Å². The summed E-state index contributed by atoms with van der Waals surface area (Å²) in [6.07, 6.45) is 2.17. The van der Waals surface area contributed by atoms with E-state index in [4.69, 9.17) is 5.73 Å². The van der Waals surface area contributed by atoms with Crippen LogP contribution < -0.4 is 5.73 Å². The number of hydrogen-bond donors (Lipinski definition) is 1. The molecule has 0 bridgehead atoms. The quantitative estimate of drug-likeness (QED) is 0.908. The van der Waals surface area contributed by atoms with Gasteiger partial charge in [-0.05, 0) is 30.4 Å². The van der Waals surface area contributed by atoms with Gasteiger partial charge < -0.3 is 10.3 Å². The predicted octanol–water partition coefficient (Wildman–Crippen LogP) is 1.37. The summed E-state index contributed by atoms with van der Waals surface area (Å²) in [5.41, 5.74) is 6.81. The van der Waals surface area contributed by atoms with E-state index in [0.29, 0.717) is 6.54 Å². The fourth-order valence-corrected chi connectivity index (χ4v) is 5.45. The van der Waals surface area contributed by atoms with Gasteiger partial charge in [0.15, 0.2) is 10.8 Å². The van der Waals surface area contributed by atoms with Gasteiger partial charge in [0.2, 0.25) is 0 Å². The maximum Gasteiger partial charge on any atom is 0.263 e. The molecule has 20 heavy (non-hydrogen) atoms. The number of aromatic nitrogens is 2. The highest BCUT2D eigenvalue weighted by Gasteiger charge is 2.37. The zero-order valence-electron chi connectivity index (χ0n) is 11.3. The third kappa shape index (κ3) is 1.87. The molecule has 2 aromatic heterocycles. The van der Waals surface area contributed by atoms with Gasteiger partial charge in [-0.2, -0.15) is 4.31 Å². The Balaban J connectivity index is 2.06. The highest BCUT2D eigenvalue weighted by atomic mass is 32.2. The number of sulfonamides is 1. The smallest absolute Gasteiger partial charge is 0.263 e. The molecule has 3 heterocycles. The molecule has 0 saturated heterocycles. The monoisotopic (exact) mass is 312 g/mol. The van der Waals surface area contributed by atoms with Crippen LogP contribution in [-0.4, -0.2) is 28.8 Å². The van der Waals surface area contributed by atoms with Crippen LogP contribution >= 0.6 is 11.3 Å². The number of nitrogens with zero attached hydrogens (tertiary/aromatic N) is 3. The molecule has 0 amide bonds. The molecule has 108 valence electrons. The number of aryl methyl sites for hydroxylation is 1. The zero-order valence-corrected chi connectivity index (χ0v) is 12.9. The Hall–Kier alpha value is -1.38. The van der Waals surface area contributed by atoms with E-state index in [9.17, 15) is 8.42 Å². The van der Waals surface area contributed by atoms with Crippen LogP contribution in [0.3, 0.4) is 0 Å². The van der Waals surface area contributed by atoms with Crippen molar-refractivity contribution in [2.75, 3.05) is 12.3 Å². The van der Waals surface area contributed by atoms with Crippen LogP contribution in [0, 0.1) is 0 Å². The molecule has 0 spiro atoms. The van der Waals surface area contributed by atoms with E-state index in [-0.39, 0.29) is 16.9 Å². The molecule has 0 radical (unpaired) electrons. The molecule has 1 atom stereocenters. The van der Waals surface area contributed by atoms with Gasteiger partial charge in [0.1, 0.15) is 0 Å². The van der Waals surface area contributed by atoms with E-state index < -0.39 is 10.0 Å². The minimum Gasteiger partial charge on any atom is -0.381 e. The van der Waals surface area contributed by atoms with Crippen LogP contribution in [0.5, 0.6) is 0 Å². The van der Waals surface area contributed by atoms with Crippen molar-refractivity contribution >= 4 is 27.2 Å². The van der Waals surface area contributed by atoms with Crippen molar-refractivity contribution in [2.24, 2.45) is 7.05 Å². The van der Waals surface area contributed by atoms with Gasteiger partial charge in [0.25, 0.3) is 10.0 Å². The topological polar surface area (TPSA) is 81.2 Å². The highest BCUT2D eigenvalue weighted by Crippen LogP contribution is 2.36. The summed E-state index contributed by atoms with van der Waals surface area (Å²) < 4.78 is 28.6. The number of nitrogens with two attached hydrogens (primary N) is 1. The Labute approximate surface area is 121 Å². The Morgan fingerprint density at radius 3 is 2.90 bits per heavy atom. The molecule has 1 unspecified atom stereocenters. The average Bonchev–Trinajstić information content (AvgIpc) is 2.97. The summed E-state index contributed by atoms with van der Waals surface area (Å²) in [5.74, 6) is 0.0517. The summed E-state index contributed by atoms with van der Waals surface area (Å²) in [6, 6.07) is 1.82. The Kier molecular flexibility index (Phi) is 3.11. The second-order valence-corrected chi connectivity index (χ2v) is 7.69. The summed E-state index contributed by atoms with van der Waals surface area (Å²) in [5, 5.41) is 2.08. The number of thiophene rings is 1. The molecule has 3 rings (SSSR count). The summed E-state index contributed by atoms with van der Waals surface area (Å²) in [7, 11) is -2.00. The molecule has 1 aliphatic rings. The summed E-state index contributed by atoms with van der Waals surface area (Å²) in [4.78, 5) is 5.14. The summed E-state index contributed by atoms with van der Waals surface area (Å²) >= 11 is 1.68. The molecule has 1 aliphatic heterocycles. The van der Waals surface area contributed by atoms with Crippen molar-refractivity contribution in [3.05, 3.63) is 28.2 Å². The van der Waals surface area contributed by atoms with Crippen molar-refractivity contribution in [3.63, 3.8) is 0 Å². The Morgan fingerprint density at radius 2 is 2.25 bits per heavy atom. The number of rotatable bonds is 2. The number of anilines is 1. The van der Waals surface area contributed by atoms with Gasteiger partial charge in [0.05, 0.1) is 6.33 Å². The van der Waals surface area contributed by atoms with E-state index >= 15 is 0 Å². The van der Waals surface area contributed by atoms with Crippen molar-refractivity contribution in [1.82, 2.24) is 13.9 Å². The van der Waals surface area contributed by atoms with Gasteiger partial charge in [-0.3, -0.25) is 0 Å². The van der Waals surface area contributed by atoms with Crippen LogP contribution in [-0.2, 0) is 23.5 Å². The number of hydrogen-bond acceptors (Lipinski definition) is 5. The van der Waals surface area contributed by atoms with Gasteiger partial charge in [-0.25, -0.2) is 13.4 Å². The lowest BCUT2D eigenvalue weighted by Crippen LogP contribution is -2.39. The molecular weight excluding hydrogens is 296 g/mol. The number of nitrogen functional groups attached to an aromatic ring is 1. The molecule has 0 aliphatic carbocycles. The first-order valence-corrected chi connectivity index (χ1v) is 8.60. The first-order valence-electron chi connectivity index (χ1n) is 6.28. The van der Waals surface area contributed by atoms with E-state index in [1.165, 1.54) is 20.1 Å². The number of fused-ring (bicyclic) bond motifs is 1. The van der Waals surface area contributed by atoms with Crippen molar-refractivity contribution < 1.29 is 8.42 Å². The van der Waals surface area contributed by atoms with Gasteiger partial charge in [0, 0.05) is 24.5 Å². The van der Waals surface area contributed by atoms with E-state index in [1.807, 2.05) is 18.4 Å². The Morgan fingerprint density at radius 1 is 1.50 bits per heavy atom. The second-order valence-electron chi connectivity index (χ2n) is 4.89. The highest BCUT2D eigenvalue weighted by molar-refractivity contribution is 7.89. The molecule has 2 aromatic rings. The van der Waals surface area contributed by atoms with Crippen LogP contribution in [0.4, 0.5) is 5.82 Å². The minimum atomic E-state index is -3.64. The standard InChI is InChI=1S/C12H16N4O2S2/c1-8-9-4-6-19-10(9)3-5-16(8)20(17,18)12-11(13)14-7-15(12)2/h4,6-8H,3,5,13H2,1-2H3. The fourth-order valence-electron chi connectivity index (χ4n) is 2.68.